The summed E-state index contributed by atoms with van der Waals surface area (Å²) < 4.78 is 22.1. The first-order valence-corrected chi connectivity index (χ1v) is 20.0. The van der Waals surface area contributed by atoms with E-state index < -0.39 is 12.2 Å². The van der Waals surface area contributed by atoms with Crippen LogP contribution in [0.5, 0.6) is 0 Å². The van der Waals surface area contributed by atoms with Gasteiger partial charge in [-0.25, -0.2) is 4.39 Å². The van der Waals surface area contributed by atoms with E-state index in [0.717, 1.165) is 34.5 Å². The molecule has 0 bridgehead atoms. The lowest BCUT2D eigenvalue weighted by atomic mass is 9.94. The molecule has 0 saturated carbocycles. The number of hydrogen-bond acceptors (Lipinski definition) is 5. The Balaban J connectivity index is 1.46. The number of para-hydroxylation sites is 1. The van der Waals surface area contributed by atoms with E-state index in [1.165, 1.54) is 12.1 Å². The van der Waals surface area contributed by atoms with Crippen LogP contribution in [0, 0.1) is 17.7 Å². The third kappa shape index (κ3) is 13.2. The van der Waals surface area contributed by atoms with E-state index in [1.54, 1.807) is 12.1 Å². The van der Waals surface area contributed by atoms with Gasteiger partial charge in [-0.15, -0.1) is 0 Å². The molecule has 0 aliphatic rings. The minimum Gasteiger partial charge on any atom is -0.493 e. The summed E-state index contributed by atoms with van der Waals surface area (Å²) in [6.07, 6.45) is 1.51. The first-order chi connectivity index (χ1) is 26.5. The van der Waals surface area contributed by atoms with Gasteiger partial charge in [-0.1, -0.05) is 82.8 Å². The van der Waals surface area contributed by atoms with E-state index >= 15 is 0 Å². The van der Waals surface area contributed by atoms with Crippen molar-refractivity contribution in [2.24, 2.45) is 11.8 Å². The fourth-order valence-corrected chi connectivity index (χ4v) is 7.40. The molecule has 4 aromatic rings. The first-order valence-electron chi connectivity index (χ1n) is 20.0. The molecule has 56 heavy (non-hydrogen) atoms. The minimum atomic E-state index is -0.707. The number of aromatic nitrogens is 1. The van der Waals surface area contributed by atoms with Gasteiger partial charge in [0.25, 0.3) is 5.91 Å². The van der Waals surface area contributed by atoms with Crippen LogP contribution in [0.1, 0.15) is 109 Å². The van der Waals surface area contributed by atoms with Gasteiger partial charge < -0.3 is 30.2 Å². The molecular weight excluding hydrogens is 706 g/mol. The molecule has 0 aliphatic heterocycles. The largest absolute Gasteiger partial charge is 0.493 e. The zero-order chi connectivity index (χ0) is 41.0. The molecule has 1 unspecified atom stereocenters. The molecular formula is C47H62FN3O5. The van der Waals surface area contributed by atoms with Crippen LogP contribution < -0.4 is 10.6 Å². The molecule has 302 valence electrons. The van der Waals surface area contributed by atoms with Crippen LogP contribution in [0.4, 0.5) is 10.1 Å². The number of benzene rings is 3. The average Bonchev–Trinajstić information content (AvgIpc) is 3.46. The molecule has 8 nitrogen and oxygen atoms in total. The minimum absolute atomic E-state index is 0.0722. The van der Waals surface area contributed by atoms with Crippen molar-refractivity contribution in [1.29, 1.82) is 0 Å². The Kier molecular flexibility index (Phi) is 16.1. The van der Waals surface area contributed by atoms with Crippen LogP contribution in [0.3, 0.4) is 0 Å². The van der Waals surface area contributed by atoms with Gasteiger partial charge in [0, 0.05) is 42.9 Å². The van der Waals surface area contributed by atoms with Crippen molar-refractivity contribution in [1.82, 2.24) is 9.88 Å². The summed E-state index contributed by atoms with van der Waals surface area (Å²) in [5, 5.41) is 28.0. The van der Waals surface area contributed by atoms with Crippen LogP contribution in [0.2, 0.25) is 0 Å². The van der Waals surface area contributed by atoms with Crippen LogP contribution in [-0.4, -0.2) is 50.9 Å². The lowest BCUT2D eigenvalue weighted by Crippen LogP contribution is -2.28. The van der Waals surface area contributed by atoms with Gasteiger partial charge in [-0.05, 0) is 112 Å². The predicted molar refractivity (Wildman–Crippen MR) is 225 cm³/mol. The highest BCUT2D eigenvalue weighted by atomic mass is 19.1. The van der Waals surface area contributed by atoms with E-state index in [0.29, 0.717) is 55.8 Å². The Morgan fingerprint density at radius 3 is 2.02 bits per heavy atom. The molecule has 1 heterocycles. The van der Waals surface area contributed by atoms with Crippen molar-refractivity contribution in [3.63, 3.8) is 0 Å². The number of rotatable bonds is 20. The molecule has 0 aliphatic carbocycles. The zero-order valence-corrected chi connectivity index (χ0v) is 34.3. The molecule has 9 heteroatoms. The van der Waals surface area contributed by atoms with E-state index in [2.05, 4.69) is 42.6 Å². The Labute approximate surface area is 333 Å². The predicted octanol–water partition coefficient (Wildman–Crippen LogP) is 10.1. The normalized spacial score (nSPS) is 13.8. The molecule has 0 radical (unpaired) electrons. The molecule has 4 atom stereocenters. The lowest BCUT2D eigenvalue weighted by Gasteiger charge is -2.25. The van der Waals surface area contributed by atoms with Crippen molar-refractivity contribution < 1.29 is 28.9 Å². The first kappa shape index (κ1) is 44.0. The summed E-state index contributed by atoms with van der Waals surface area (Å²) in [7, 11) is 0. The van der Waals surface area contributed by atoms with Crippen LogP contribution >= 0.6 is 0 Å². The number of nitrogens with zero attached hydrogens (tertiary/aromatic N) is 1. The van der Waals surface area contributed by atoms with Crippen LogP contribution in [0.25, 0.3) is 22.4 Å². The standard InChI is InChI=1S/C47H62FN3O5/c1-31(2)44-43(46(55)50-38-17-13-10-14-18-38)42(35-15-11-9-12-16-35)45(36-19-21-37(48)22-20-36)51(44)26-24-39(52)28-33(4)29-41(54)49-25-23-32(3)27-40(53)30-34(5)56-47(6,7)8/h9-22,31-33,39-40,52-53H,5,23-30H2,1-4,6-8H3,(H,49,54)(H,50,55)/t32-,33?,39-,40-/m1/s1. The fourth-order valence-electron chi connectivity index (χ4n) is 7.40. The van der Waals surface area contributed by atoms with E-state index in [1.807, 2.05) is 88.4 Å². The number of nitrogens with one attached hydrogen (secondary N) is 2. The molecule has 0 spiro atoms. The van der Waals surface area contributed by atoms with Gasteiger partial charge in [-0.3, -0.25) is 9.59 Å². The number of anilines is 1. The third-order valence-corrected chi connectivity index (χ3v) is 9.73. The van der Waals surface area contributed by atoms with Gasteiger partial charge in [0.15, 0.2) is 0 Å². The number of carbonyl (C=O) groups excluding carboxylic acids is 2. The highest BCUT2D eigenvalue weighted by molar-refractivity contribution is 6.12. The summed E-state index contributed by atoms with van der Waals surface area (Å²) in [6.45, 7) is 18.8. The summed E-state index contributed by atoms with van der Waals surface area (Å²) in [6, 6.07) is 25.4. The Bertz CT molecular complexity index is 1870. The van der Waals surface area contributed by atoms with Gasteiger partial charge in [0.05, 0.1) is 29.2 Å². The van der Waals surface area contributed by atoms with Gasteiger partial charge in [0.2, 0.25) is 5.91 Å². The number of aliphatic hydroxyl groups is 2. The number of hydrogen-bond donors (Lipinski definition) is 4. The maximum atomic E-state index is 14.3. The summed E-state index contributed by atoms with van der Waals surface area (Å²) in [4.78, 5) is 27.2. The van der Waals surface area contributed by atoms with Crippen LogP contribution in [0.15, 0.2) is 97.3 Å². The van der Waals surface area contributed by atoms with Crippen molar-refractivity contribution in [2.75, 3.05) is 11.9 Å². The number of halogens is 1. The lowest BCUT2D eigenvalue weighted by molar-refractivity contribution is -0.122. The van der Waals surface area contributed by atoms with E-state index in [4.69, 9.17) is 4.74 Å². The van der Waals surface area contributed by atoms with E-state index in [9.17, 15) is 24.2 Å². The Morgan fingerprint density at radius 2 is 1.41 bits per heavy atom. The number of ether oxygens (including phenoxy) is 1. The second-order valence-electron chi connectivity index (χ2n) is 16.6. The second kappa shape index (κ2) is 20.4. The summed E-state index contributed by atoms with van der Waals surface area (Å²) in [5.74, 6) is -0.0578. The molecule has 4 rings (SSSR count). The summed E-state index contributed by atoms with van der Waals surface area (Å²) >= 11 is 0. The van der Waals surface area contributed by atoms with Crippen molar-refractivity contribution in [2.45, 2.75) is 117 Å². The van der Waals surface area contributed by atoms with E-state index in [-0.39, 0.29) is 47.4 Å². The molecule has 1 aromatic heterocycles. The monoisotopic (exact) mass is 767 g/mol. The number of carbonyl (C=O) groups is 2. The highest BCUT2D eigenvalue weighted by Gasteiger charge is 2.31. The highest BCUT2D eigenvalue weighted by Crippen LogP contribution is 2.43. The number of aliphatic hydroxyl groups excluding tert-OH is 2. The van der Waals surface area contributed by atoms with Crippen molar-refractivity contribution in [3.05, 3.63) is 114 Å². The Morgan fingerprint density at radius 1 is 0.804 bits per heavy atom. The maximum absolute atomic E-state index is 14.3. The molecule has 4 N–H and O–H groups in total. The van der Waals surface area contributed by atoms with Gasteiger partial charge in [-0.2, -0.15) is 0 Å². The second-order valence-corrected chi connectivity index (χ2v) is 16.6. The fraction of sp³-hybridized carbons (Fsp3) is 0.447. The molecule has 0 fully saturated rings. The summed E-state index contributed by atoms with van der Waals surface area (Å²) in [5.41, 5.74) is 4.82. The molecule has 0 saturated heterocycles. The number of amides is 2. The quantitative estimate of drug-likeness (QED) is 0.0669. The SMILES string of the molecule is C=C(C[C@H](O)C[C@H](C)CCNC(=O)CC(C)C[C@H](O)CCn1c(-c2ccc(F)cc2)c(-c2ccccc2)c(C(=O)Nc2ccccc2)c1C(C)C)OC(C)(C)C. The smallest absolute Gasteiger partial charge is 0.258 e. The molecule has 2 amide bonds. The van der Waals surface area contributed by atoms with Crippen molar-refractivity contribution in [3.8, 4) is 22.4 Å². The van der Waals surface area contributed by atoms with Gasteiger partial charge >= 0.3 is 0 Å². The average molecular weight is 768 g/mol. The maximum Gasteiger partial charge on any atom is 0.258 e. The third-order valence-electron chi connectivity index (χ3n) is 9.73. The van der Waals surface area contributed by atoms with Gasteiger partial charge in [0.1, 0.15) is 11.4 Å². The van der Waals surface area contributed by atoms with Crippen molar-refractivity contribution >= 4 is 17.5 Å². The molecule has 3 aromatic carbocycles. The zero-order valence-electron chi connectivity index (χ0n) is 34.3. The Hall–Kier alpha value is -4.73. The topological polar surface area (TPSA) is 113 Å². The van der Waals surface area contributed by atoms with Crippen LogP contribution in [-0.2, 0) is 16.1 Å².